The van der Waals surface area contributed by atoms with E-state index in [-0.39, 0.29) is 23.8 Å². The van der Waals surface area contributed by atoms with Crippen molar-refractivity contribution >= 4 is 29.2 Å². The Morgan fingerprint density at radius 2 is 1.87 bits per heavy atom. The lowest BCUT2D eigenvalue weighted by Crippen LogP contribution is -2.54. The molecule has 4 rings (SSSR count). The van der Waals surface area contributed by atoms with Gasteiger partial charge in [-0.1, -0.05) is 32.9 Å². The van der Waals surface area contributed by atoms with Crippen LogP contribution >= 0.6 is 0 Å². The first-order valence-corrected chi connectivity index (χ1v) is 11.0. The monoisotopic (exact) mass is 412 g/mol. The minimum absolute atomic E-state index is 0.0342. The molecule has 1 spiro atoms. The maximum atomic E-state index is 13.2. The highest BCUT2D eigenvalue weighted by molar-refractivity contribution is 6.10. The van der Waals surface area contributed by atoms with Gasteiger partial charge in [-0.3, -0.25) is 14.5 Å². The molecule has 2 atom stereocenters. The highest BCUT2D eigenvalue weighted by Crippen LogP contribution is 2.46. The second kappa shape index (κ2) is 7.60. The third-order valence-corrected chi connectivity index (χ3v) is 6.55. The molecule has 7 heteroatoms. The van der Waals surface area contributed by atoms with Crippen molar-refractivity contribution < 1.29 is 14.4 Å². The van der Waals surface area contributed by atoms with Crippen molar-refractivity contribution in [1.82, 2.24) is 10.2 Å². The average molecular weight is 413 g/mol. The first kappa shape index (κ1) is 20.7. The summed E-state index contributed by atoms with van der Waals surface area (Å²) in [4.78, 5) is 42.0. The van der Waals surface area contributed by atoms with E-state index in [4.69, 9.17) is 0 Å². The smallest absolute Gasteiger partial charge is 0.325 e. The van der Waals surface area contributed by atoms with Crippen LogP contribution < -0.4 is 15.5 Å². The summed E-state index contributed by atoms with van der Waals surface area (Å²) in [6.07, 6.45) is 4.52. The van der Waals surface area contributed by atoms with Gasteiger partial charge in [-0.05, 0) is 55.6 Å². The zero-order valence-electron chi connectivity index (χ0n) is 18.2. The second-order valence-electron chi connectivity index (χ2n) is 10.0. The number of para-hydroxylation sites is 2. The SMILES string of the molecule is C[C@H]1CC(C)(C)C[C@]2(C1)NC(=O)N(CC(=O)Nc1ccccc1N1CCCC1)C2=O. The van der Waals surface area contributed by atoms with Gasteiger partial charge in [0.1, 0.15) is 12.1 Å². The average Bonchev–Trinajstić information content (AvgIpc) is 3.24. The van der Waals surface area contributed by atoms with Crippen molar-refractivity contribution in [2.45, 2.75) is 58.4 Å². The lowest BCUT2D eigenvalue weighted by molar-refractivity contribution is -0.136. The molecule has 1 saturated carbocycles. The summed E-state index contributed by atoms with van der Waals surface area (Å²) in [6, 6.07) is 7.23. The highest BCUT2D eigenvalue weighted by Gasteiger charge is 2.56. The summed E-state index contributed by atoms with van der Waals surface area (Å²) >= 11 is 0. The molecule has 3 aliphatic rings. The van der Waals surface area contributed by atoms with Crippen LogP contribution in [0.2, 0.25) is 0 Å². The first-order valence-electron chi connectivity index (χ1n) is 11.0. The molecule has 1 aromatic rings. The van der Waals surface area contributed by atoms with Crippen molar-refractivity contribution in [3.8, 4) is 0 Å². The predicted molar refractivity (Wildman–Crippen MR) is 116 cm³/mol. The molecule has 0 radical (unpaired) electrons. The molecule has 30 heavy (non-hydrogen) atoms. The van der Waals surface area contributed by atoms with E-state index in [2.05, 4.69) is 36.3 Å². The van der Waals surface area contributed by atoms with Crippen LogP contribution in [0.5, 0.6) is 0 Å². The van der Waals surface area contributed by atoms with E-state index in [0.29, 0.717) is 18.8 Å². The van der Waals surface area contributed by atoms with E-state index in [1.165, 1.54) is 0 Å². The van der Waals surface area contributed by atoms with Gasteiger partial charge in [0.2, 0.25) is 5.91 Å². The number of hydrogen-bond acceptors (Lipinski definition) is 4. The maximum absolute atomic E-state index is 13.2. The molecule has 162 valence electrons. The molecule has 1 aromatic carbocycles. The number of anilines is 2. The number of benzene rings is 1. The standard InChI is InChI=1S/C23H32N4O3/c1-16-12-22(2,3)15-23(13-16)20(29)27(21(30)25-23)14-19(28)24-17-8-4-5-9-18(17)26-10-6-7-11-26/h4-5,8-9,16H,6-7,10-15H2,1-3H3,(H,24,28)(H,25,30)/t16-,23-/m0/s1. The second-order valence-corrected chi connectivity index (χ2v) is 10.0. The van der Waals surface area contributed by atoms with Crippen LogP contribution in [-0.4, -0.2) is 47.9 Å². The van der Waals surface area contributed by atoms with Crippen molar-refractivity contribution in [1.29, 1.82) is 0 Å². The van der Waals surface area contributed by atoms with Crippen LogP contribution in [0, 0.1) is 11.3 Å². The highest BCUT2D eigenvalue weighted by atomic mass is 16.2. The number of hydrogen-bond donors (Lipinski definition) is 2. The predicted octanol–water partition coefficient (Wildman–Crippen LogP) is 3.36. The maximum Gasteiger partial charge on any atom is 0.325 e. The Morgan fingerprint density at radius 1 is 1.17 bits per heavy atom. The summed E-state index contributed by atoms with van der Waals surface area (Å²) in [7, 11) is 0. The lowest BCUT2D eigenvalue weighted by Gasteiger charge is -2.43. The summed E-state index contributed by atoms with van der Waals surface area (Å²) in [6.45, 7) is 8.05. The number of urea groups is 1. The van der Waals surface area contributed by atoms with E-state index in [1.54, 1.807) is 0 Å². The summed E-state index contributed by atoms with van der Waals surface area (Å²) in [5.41, 5.74) is 0.790. The number of nitrogens with one attached hydrogen (secondary N) is 2. The molecule has 0 unspecified atom stereocenters. The molecule has 4 amide bonds. The van der Waals surface area contributed by atoms with Gasteiger partial charge >= 0.3 is 6.03 Å². The topological polar surface area (TPSA) is 81.8 Å². The first-order chi connectivity index (χ1) is 14.2. The fourth-order valence-electron chi connectivity index (χ4n) is 5.80. The molecule has 7 nitrogen and oxygen atoms in total. The molecular formula is C23H32N4O3. The molecule has 1 aliphatic carbocycles. The minimum Gasteiger partial charge on any atom is -0.370 e. The van der Waals surface area contributed by atoms with Crippen LogP contribution in [-0.2, 0) is 9.59 Å². The zero-order chi connectivity index (χ0) is 21.5. The van der Waals surface area contributed by atoms with Crippen molar-refractivity contribution in [3.05, 3.63) is 24.3 Å². The summed E-state index contributed by atoms with van der Waals surface area (Å²) in [5, 5.41) is 5.85. The summed E-state index contributed by atoms with van der Waals surface area (Å²) in [5.74, 6) is -0.292. The zero-order valence-corrected chi connectivity index (χ0v) is 18.2. The number of nitrogens with zero attached hydrogens (tertiary/aromatic N) is 2. The van der Waals surface area contributed by atoms with Gasteiger partial charge in [-0.2, -0.15) is 0 Å². The van der Waals surface area contributed by atoms with Crippen molar-refractivity contribution in [2.75, 3.05) is 29.9 Å². The molecule has 2 saturated heterocycles. The Bertz CT molecular complexity index is 862. The van der Waals surface area contributed by atoms with E-state index in [9.17, 15) is 14.4 Å². The van der Waals surface area contributed by atoms with Gasteiger partial charge in [0.15, 0.2) is 0 Å². The van der Waals surface area contributed by atoms with Crippen molar-refractivity contribution in [3.63, 3.8) is 0 Å². The van der Waals surface area contributed by atoms with Gasteiger partial charge in [-0.15, -0.1) is 0 Å². The number of amides is 4. The summed E-state index contributed by atoms with van der Waals surface area (Å²) < 4.78 is 0. The van der Waals surface area contributed by atoms with Crippen LogP contribution in [0.3, 0.4) is 0 Å². The fourth-order valence-corrected chi connectivity index (χ4v) is 5.80. The Balaban J connectivity index is 1.47. The number of carbonyl (C=O) groups is 3. The van der Waals surface area contributed by atoms with Gasteiger partial charge in [0.25, 0.3) is 5.91 Å². The molecule has 2 N–H and O–H groups in total. The van der Waals surface area contributed by atoms with E-state index in [1.807, 2.05) is 24.3 Å². The van der Waals surface area contributed by atoms with Crippen LogP contribution in [0.25, 0.3) is 0 Å². The van der Waals surface area contributed by atoms with Crippen LogP contribution in [0.15, 0.2) is 24.3 Å². The Kier molecular flexibility index (Phi) is 5.24. The van der Waals surface area contributed by atoms with Crippen LogP contribution in [0.4, 0.5) is 16.2 Å². The Morgan fingerprint density at radius 3 is 2.57 bits per heavy atom. The third-order valence-electron chi connectivity index (χ3n) is 6.55. The van der Waals surface area contributed by atoms with Crippen molar-refractivity contribution in [2.24, 2.45) is 11.3 Å². The molecule has 3 fully saturated rings. The molecule has 2 aliphatic heterocycles. The Hall–Kier alpha value is -2.57. The van der Waals surface area contributed by atoms with E-state index >= 15 is 0 Å². The molecular weight excluding hydrogens is 380 g/mol. The normalized spacial score (nSPS) is 28.2. The van der Waals surface area contributed by atoms with Gasteiger partial charge in [-0.25, -0.2) is 4.79 Å². The van der Waals surface area contributed by atoms with Gasteiger partial charge in [0.05, 0.1) is 11.4 Å². The largest absolute Gasteiger partial charge is 0.370 e. The molecule has 2 heterocycles. The quantitative estimate of drug-likeness (QED) is 0.743. The lowest BCUT2D eigenvalue weighted by atomic mass is 9.64. The molecule has 0 aromatic heterocycles. The van der Waals surface area contributed by atoms with Gasteiger partial charge < -0.3 is 15.5 Å². The van der Waals surface area contributed by atoms with E-state index < -0.39 is 11.6 Å². The fraction of sp³-hybridized carbons (Fsp3) is 0.609. The van der Waals surface area contributed by atoms with E-state index in [0.717, 1.165) is 48.6 Å². The molecule has 0 bridgehead atoms. The third kappa shape index (κ3) is 3.89. The number of carbonyl (C=O) groups excluding carboxylic acids is 3. The number of rotatable bonds is 4. The Labute approximate surface area is 178 Å². The van der Waals surface area contributed by atoms with Crippen LogP contribution in [0.1, 0.15) is 52.9 Å². The van der Waals surface area contributed by atoms with Gasteiger partial charge in [0, 0.05) is 13.1 Å². The minimum atomic E-state index is -0.883. The number of imide groups is 1.